The molecule has 0 spiro atoms. The minimum Gasteiger partial charge on any atom is -0.495 e. The molecule has 19 heavy (non-hydrogen) atoms. The van der Waals surface area contributed by atoms with E-state index in [4.69, 9.17) is 4.74 Å². The number of rotatable bonds is 4. The lowest BCUT2D eigenvalue weighted by Gasteiger charge is -2.14. The molecule has 0 fully saturated rings. The smallest absolute Gasteiger partial charge is 0.141 e. The van der Waals surface area contributed by atoms with Gasteiger partial charge in [0.05, 0.1) is 25.0 Å². The lowest BCUT2D eigenvalue weighted by atomic mass is 9.93. The molecule has 0 saturated heterocycles. The van der Waals surface area contributed by atoms with Crippen LogP contribution in [0.3, 0.4) is 0 Å². The first-order valence-corrected chi connectivity index (χ1v) is 7.20. The van der Waals surface area contributed by atoms with Crippen molar-refractivity contribution in [3.63, 3.8) is 0 Å². The molecule has 0 saturated carbocycles. The van der Waals surface area contributed by atoms with Crippen LogP contribution in [0.15, 0.2) is 29.6 Å². The van der Waals surface area contributed by atoms with Gasteiger partial charge in [0.25, 0.3) is 0 Å². The lowest BCUT2D eigenvalue weighted by molar-refractivity contribution is 0.416. The first-order chi connectivity index (χ1) is 9.00. The third-order valence-electron chi connectivity index (χ3n) is 2.86. The summed E-state index contributed by atoms with van der Waals surface area (Å²) < 4.78 is 5.31. The molecule has 1 N–H and O–H groups in total. The fraction of sp³-hybridized carbons (Fsp3) is 0.400. The molecule has 0 bridgehead atoms. The van der Waals surface area contributed by atoms with Gasteiger partial charge in [0.1, 0.15) is 10.8 Å². The zero-order valence-corrected chi connectivity index (χ0v) is 12.7. The topological polar surface area (TPSA) is 34.1 Å². The second-order valence-corrected chi connectivity index (χ2v) is 6.37. The number of ether oxygens (including phenoxy) is 1. The van der Waals surface area contributed by atoms with Crippen molar-refractivity contribution in [2.45, 2.75) is 32.7 Å². The summed E-state index contributed by atoms with van der Waals surface area (Å²) in [6.07, 6.45) is 0. The average molecular weight is 276 g/mol. The van der Waals surface area contributed by atoms with E-state index in [1.54, 1.807) is 18.4 Å². The molecule has 0 atom stereocenters. The largest absolute Gasteiger partial charge is 0.495 e. The summed E-state index contributed by atoms with van der Waals surface area (Å²) in [5, 5.41) is 6.60. The molecule has 0 aliphatic rings. The highest BCUT2D eigenvalue weighted by atomic mass is 32.1. The van der Waals surface area contributed by atoms with Crippen molar-refractivity contribution in [2.75, 3.05) is 12.4 Å². The van der Waals surface area contributed by atoms with Crippen LogP contribution in [0.2, 0.25) is 0 Å². The highest BCUT2D eigenvalue weighted by molar-refractivity contribution is 7.09. The molecule has 4 heteroatoms. The van der Waals surface area contributed by atoms with Crippen LogP contribution in [0.1, 0.15) is 31.5 Å². The zero-order chi connectivity index (χ0) is 13.9. The number of hydrogen-bond acceptors (Lipinski definition) is 4. The van der Waals surface area contributed by atoms with Gasteiger partial charge < -0.3 is 10.1 Å². The molecule has 3 nitrogen and oxygen atoms in total. The number of nitrogens with one attached hydrogen (secondary N) is 1. The van der Waals surface area contributed by atoms with E-state index in [2.05, 4.69) is 36.5 Å². The number of benzene rings is 1. The van der Waals surface area contributed by atoms with E-state index in [0.717, 1.165) is 28.7 Å². The van der Waals surface area contributed by atoms with Gasteiger partial charge in [-0.15, -0.1) is 11.3 Å². The molecule has 0 unspecified atom stereocenters. The van der Waals surface area contributed by atoms with Gasteiger partial charge in [0.15, 0.2) is 0 Å². The summed E-state index contributed by atoms with van der Waals surface area (Å²) in [7, 11) is 1.68. The van der Waals surface area contributed by atoms with E-state index >= 15 is 0 Å². The van der Waals surface area contributed by atoms with E-state index in [1.807, 2.05) is 24.3 Å². The Morgan fingerprint density at radius 2 is 2.00 bits per heavy atom. The van der Waals surface area contributed by atoms with Gasteiger partial charge in [0, 0.05) is 10.8 Å². The minimum absolute atomic E-state index is 0.110. The van der Waals surface area contributed by atoms with Crippen LogP contribution >= 0.6 is 11.3 Å². The number of thiazole rings is 1. The van der Waals surface area contributed by atoms with Crippen LogP contribution in [-0.2, 0) is 12.0 Å². The average Bonchev–Trinajstić information content (AvgIpc) is 2.85. The lowest BCUT2D eigenvalue weighted by Crippen LogP contribution is -2.12. The van der Waals surface area contributed by atoms with E-state index in [-0.39, 0.29) is 5.41 Å². The highest BCUT2D eigenvalue weighted by Gasteiger charge is 2.17. The summed E-state index contributed by atoms with van der Waals surface area (Å²) in [6, 6.07) is 7.92. The van der Waals surface area contributed by atoms with Crippen molar-refractivity contribution in [2.24, 2.45) is 0 Å². The number of anilines is 1. The van der Waals surface area contributed by atoms with Crippen molar-refractivity contribution in [1.82, 2.24) is 4.98 Å². The van der Waals surface area contributed by atoms with E-state index in [0.29, 0.717) is 0 Å². The van der Waals surface area contributed by atoms with Crippen molar-refractivity contribution in [1.29, 1.82) is 0 Å². The molecule has 0 radical (unpaired) electrons. The second-order valence-electron chi connectivity index (χ2n) is 5.43. The van der Waals surface area contributed by atoms with Crippen molar-refractivity contribution in [3.05, 3.63) is 40.3 Å². The predicted molar refractivity (Wildman–Crippen MR) is 81.1 cm³/mol. The molecule has 102 valence electrons. The third-order valence-corrected chi connectivity index (χ3v) is 3.71. The first kappa shape index (κ1) is 13.9. The summed E-state index contributed by atoms with van der Waals surface area (Å²) in [4.78, 5) is 4.67. The van der Waals surface area contributed by atoms with E-state index in [1.165, 1.54) is 0 Å². The molecule has 1 aromatic heterocycles. The summed E-state index contributed by atoms with van der Waals surface area (Å²) in [5.41, 5.74) is 2.26. The Morgan fingerprint density at radius 1 is 1.26 bits per heavy atom. The molecular formula is C15H20N2OS. The van der Waals surface area contributed by atoms with Crippen molar-refractivity contribution < 1.29 is 4.74 Å². The molecule has 0 aliphatic heterocycles. The van der Waals surface area contributed by atoms with Crippen LogP contribution < -0.4 is 10.1 Å². The molecule has 0 amide bonds. The van der Waals surface area contributed by atoms with Crippen LogP contribution in [0.5, 0.6) is 5.75 Å². The number of aromatic nitrogens is 1. The maximum absolute atomic E-state index is 5.31. The maximum Gasteiger partial charge on any atom is 0.141 e. The number of methoxy groups -OCH3 is 1. The van der Waals surface area contributed by atoms with Gasteiger partial charge in [-0.1, -0.05) is 32.9 Å². The Balaban J connectivity index is 2.05. The van der Waals surface area contributed by atoms with Gasteiger partial charge >= 0.3 is 0 Å². The second kappa shape index (κ2) is 5.61. The molecule has 1 aromatic carbocycles. The zero-order valence-electron chi connectivity index (χ0n) is 11.9. The SMILES string of the molecule is COc1ccccc1NCc1nc(C(C)(C)C)cs1. The Labute approximate surface area is 118 Å². The molecule has 0 aliphatic carbocycles. The fourth-order valence-corrected chi connectivity index (χ4v) is 2.66. The summed E-state index contributed by atoms with van der Waals surface area (Å²) in [6.45, 7) is 7.26. The summed E-state index contributed by atoms with van der Waals surface area (Å²) >= 11 is 1.69. The fourth-order valence-electron chi connectivity index (χ4n) is 1.70. The first-order valence-electron chi connectivity index (χ1n) is 6.32. The predicted octanol–water partition coefficient (Wildman–Crippen LogP) is 4.06. The van der Waals surface area contributed by atoms with Crippen LogP contribution in [0, 0.1) is 0 Å². The van der Waals surface area contributed by atoms with E-state index in [9.17, 15) is 0 Å². The number of hydrogen-bond donors (Lipinski definition) is 1. The summed E-state index contributed by atoms with van der Waals surface area (Å²) in [5.74, 6) is 0.857. The van der Waals surface area contributed by atoms with Crippen molar-refractivity contribution in [3.8, 4) is 5.75 Å². The van der Waals surface area contributed by atoms with Crippen LogP contribution in [-0.4, -0.2) is 12.1 Å². The monoisotopic (exact) mass is 276 g/mol. The van der Waals surface area contributed by atoms with Gasteiger partial charge in [-0.2, -0.15) is 0 Å². The quantitative estimate of drug-likeness (QED) is 0.914. The van der Waals surface area contributed by atoms with Gasteiger partial charge in [-0.05, 0) is 12.1 Å². The van der Waals surface area contributed by atoms with Crippen LogP contribution in [0.4, 0.5) is 5.69 Å². The third kappa shape index (κ3) is 3.47. The minimum atomic E-state index is 0.110. The molecule has 1 heterocycles. The molecular weight excluding hydrogens is 256 g/mol. The number of para-hydroxylation sites is 2. The Kier molecular flexibility index (Phi) is 4.10. The van der Waals surface area contributed by atoms with Gasteiger partial charge in [-0.25, -0.2) is 4.98 Å². The van der Waals surface area contributed by atoms with Crippen LogP contribution in [0.25, 0.3) is 0 Å². The van der Waals surface area contributed by atoms with Crippen molar-refractivity contribution >= 4 is 17.0 Å². The molecule has 2 rings (SSSR count). The Morgan fingerprint density at radius 3 is 2.63 bits per heavy atom. The normalized spacial score (nSPS) is 11.4. The standard InChI is InChI=1S/C15H20N2OS/c1-15(2,3)13-10-19-14(17-13)9-16-11-7-5-6-8-12(11)18-4/h5-8,10,16H,9H2,1-4H3. The van der Waals surface area contributed by atoms with Gasteiger partial charge in [0.2, 0.25) is 0 Å². The Hall–Kier alpha value is -1.55. The highest BCUT2D eigenvalue weighted by Crippen LogP contribution is 2.26. The number of nitrogens with zero attached hydrogens (tertiary/aromatic N) is 1. The Bertz CT molecular complexity index is 543. The van der Waals surface area contributed by atoms with E-state index < -0.39 is 0 Å². The maximum atomic E-state index is 5.31. The van der Waals surface area contributed by atoms with Gasteiger partial charge in [-0.3, -0.25) is 0 Å². The molecule has 2 aromatic rings.